The molecule has 8 heteroatoms. The van der Waals surface area contributed by atoms with Crippen LogP contribution in [-0.4, -0.2) is 28.5 Å². The number of rotatable bonds is 6. The first-order valence-electron chi connectivity index (χ1n) is 8.18. The summed E-state index contributed by atoms with van der Waals surface area (Å²) < 4.78 is 10.8. The summed E-state index contributed by atoms with van der Waals surface area (Å²) >= 11 is 7.27. The molecule has 1 heterocycles. The summed E-state index contributed by atoms with van der Waals surface area (Å²) in [6.07, 6.45) is 0. The Morgan fingerprint density at radius 3 is 2.63 bits per heavy atom. The first kappa shape index (κ1) is 19.3. The van der Waals surface area contributed by atoms with E-state index in [-0.39, 0.29) is 5.91 Å². The van der Waals surface area contributed by atoms with E-state index in [1.54, 1.807) is 25.1 Å². The van der Waals surface area contributed by atoms with Crippen molar-refractivity contribution in [3.8, 4) is 17.2 Å². The van der Waals surface area contributed by atoms with Gasteiger partial charge in [0, 0.05) is 11.3 Å². The second-order valence-electron chi connectivity index (χ2n) is 5.84. The molecule has 0 unspecified atom stereocenters. The lowest BCUT2D eigenvalue weighted by atomic mass is 10.1. The molecular formula is C19H18ClN3O3S. The van der Waals surface area contributed by atoms with Crippen molar-refractivity contribution in [1.29, 1.82) is 0 Å². The van der Waals surface area contributed by atoms with Crippen molar-refractivity contribution >= 4 is 35.0 Å². The molecule has 1 aromatic heterocycles. The Morgan fingerprint density at radius 2 is 1.96 bits per heavy atom. The molecule has 6 nitrogen and oxygen atoms in total. The fourth-order valence-corrected chi connectivity index (χ4v) is 3.20. The van der Waals surface area contributed by atoms with Crippen LogP contribution in [0.4, 0.5) is 5.69 Å². The molecule has 3 aromatic rings. The van der Waals surface area contributed by atoms with E-state index in [0.717, 1.165) is 11.1 Å². The van der Waals surface area contributed by atoms with E-state index in [1.807, 2.05) is 31.2 Å². The third-order valence-electron chi connectivity index (χ3n) is 3.77. The van der Waals surface area contributed by atoms with Gasteiger partial charge >= 0.3 is 0 Å². The summed E-state index contributed by atoms with van der Waals surface area (Å²) in [7, 11) is 1.54. The van der Waals surface area contributed by atoms with Gasteiger partial charge in [0.15, 0.2) is 0 Å². The Bertz CT molecular complexity index is 944. The van der Waals surface area contributed by atoms with Gasteiger partial charge in [-0.3, -0.25) is 4.79 Å². The fraction of sp³-hybridized carbons (Fsp3) is 0.211. The lowest BCUT2D eigenvalue weighted by molar-refractivity contribution is -0.115. The molecule has 3 rings (SSSR count). The molecule has 0 aliphatic rings. The van der Waals surface area contributed by atoms with Crippen molar-refractivity contribution in [3.63, 3.8) is 0 Å². The van der Waals surface area contributed by atoms with Crippen LogP contribution in [0, 0.1) is 6.92 Å². The Balaban J connectivity index is 1.63. The molecule has 27 heavy (non-hydrogen) atoms. The number of aromatic nitrogens is 2. The highest BCUT2D eigenvalue weighted by molar-refractivity contribution is 8.00. The number of nitrogens with one attached hydrogen (secondary N) is 1. The Hall–Kier alpha value is -2.51. The molecule has 0 fully saturated rings. The number of anilines is 1. The number of hydrogen-bond donors (Lipinski definition) is 1. The molecule has 140 valence electrons. The summed E-state index contributed by atoms with van der Waals surface area (Å²) in [5.41, 5.74) is 2.57. The van der Waals surface area contributed by atoms with Gasteiger partial charge < -0.3 is 14.5 Å². The maximum absolute atomic E-state index is 12.4. The van der Waals surface area contributed by atoms with Gasteiger partial charge in [0.05, 0.1) is 17.4 Å². The monoisotopic (exact) mass is 403 g/mol. The van der Waals surface area contributed by atoms with E-state index in [0.29, 0.717) is 27.6 Å². The lowest BCUT2D eigenvalue weighted by Crippen LogP contribution is -2.22. The maximum atomic E-state index is 12.4. The predicted molar refractivity (Wildman–Crippen MR) is 106 cm³/mol. The third kappa shape index (κ3) is 4.81. The zero-order chi connectivity index (χ0) is 19.4. The van der Waals surface area contributed by atoms with Gasteiger partial charge in [0.2, 0.25) is 11.8 Å². The van der Waals surface area contributed by atoms with Crippen molar-refractivity contribution in [2.75, 3.05) is 12.4 Å². The SMILES string of the molecule is COc1ccc(NC(=O)[C@@H](C)Sc2nnc(-c3ccc(C)cc3)o2)cc1Cl. The van der Waals surface area contributed by atoms with E-state index < -0.39 is 5.25 Å². The molecule has 0 radical (unpaired) electrons. The zero-order valence-corrected chi connectivity index (χ0v) is 16.6. The van der Waals surface area contributed by atoms with Crippen LogP contribution >= 0.6 is 23.4 Å². The minimum absolute atomic E-state index is 0.198. The highest BCUT2D eigenvalue weighted by Crippen LogP contribution is 2.29. The van der Waals surface area contributed by atoms with Gasteiger partial charge in [-0.05, 0) is 44.2 Å². The zero-order valence-electron chi connectivity index (χ0n) is 15.0. The number of carbonyl (C=O) groups excluding carboxylic acids is 1. The van der Waals surface area contributed by atoms with Crippen LogP contribution < -0.4 is 10.1 Å². The molecular weight excluding hydrogens is 386 g/mol. The number of nitrogens with zero attached hydrogens (tertiary/aromatic N) is 2. The minimum atomic E-state index is -0.433. The normalized spacial score (nSPS) is 11.9. The van der Waals surface area contributed by atoms with E-state index in [1.165, 1.54) is 18.9 Å². The van der Waals surface area contributed by atoms with Crippen molar-refractivity contribution in [2.24, 2.45) is 0 Å². The van der Waals surface area contributed by atoms with Crippen LogP contribution in [0.1, 0.15) is 12.5 Å². The molecule has 1 amide bonds. The van der Waals surface area contributed by atoms with Crippen LogP contribution in [0.25, 0.3) is 11.5 Å². The first-order chi connectivity index (χ1) is 13.0. The number of carbonyl (C=O) groups is 1. The summed E-state index contributed by atoms with van der Waals surface area (Å²) in [6, 6.07) is 12.8. The Kier molecular flexibility index (Phi) is 6.03. The van der Waals surface area contributed by atoms with Crippen molar-refractivity contribution in [1.82, 2.24) is 10.2 Å². The summed E-state index contributed by atoms with van der Waals surface area (Å²) in [5.74, 6) is 0.773. The molecule has 1 atom stereocenters. The van der Waals surface area contributed by atoms with E-state index in [4.69, 9.17) is 20.8 Å². The average molecular weight is 404 g/mol. The average Bonchev–Trinajstić information content (AvgIpc) is 3.11. The summed E-state index contributed by atoms with van der Waals surface area (Å²) in [5, 5.41) is 11.2. The van der Waals surface area contributed by atoms with Gasteiger partial charge in [0.1, 0.15) is 5.75 Å². The first-order valence-corrected chi connectivity index (χ1v) is 9.43. The number of benzene rings is 2. The van der Waals surface area contributed by atoms with Crippen LogP contribution in [0.15, 0.2) is 52.1 Å². The summed E-state index contributed by atoms with van der Waals surface area (Å²) in [6.45, 7) is 3.77. The van der Waals surface area contributed by atoms with Crippen LogP contribution in [-0.2, 0) is 4.79 Å². The van der Waals surface area contributed by atoms with Gasteiger partial charge in [-0.1, -0.05) is 41.1 Å². The van der Waals surface area contributed by atoms with Gasteiger partial charge in [-0.15, -0.1) is 10.2 Å². The second kappa shape index (κ2) is 8.45. The Morgan fingerprint density at radius 1 is 1.22 bits per heavy atom. The third-order valence-corrected chi connectivity index (χ3v) is 5.00. The van der Waals surface area contributed by atoms with Gasteiger partial charge in [-0.2, -0.15) is 0 Å². The molecule has 1 N–H and O–H groups in total. The van der Waals surface area contributed by atoms with Crippen LogP contribution in [0.2, 0.25) is 5.02 Å². The van der Waals surface area contributed by atoms with Crippen LogP contribution in [0.3, 0.4) is 0 Å². The lowest BCUT2D eigenvalue weighted by Gasteiger charge is -2.11. The van der Waals surface area contributed by atoms with Crippen molar-refractivity contribution < 1.29 is 13.9 Å². The molecule has 0 spiro atoms. The molecule has 0 aliphatic heterocycles. The highest BCUT2D eigenvalue weighted by Gasteiger charge is 2.19. The number of thioether (sulfide) groups is 1. The minimum Gasteiger partial charge on any atom is -0.495 e. The Labute approximate surface area is 166 Å². The number of amides is 1. The largest absolute Gasteiger partial charge is 0.495 e. The smallest absolute Gasteiger partial charge is 0.277 e. The van der Waals surface area contributed by atoms with Gasteiger partial charge in [-0.25, -0.2) is 0 Å². The highest BCUT2D eigenvalue weighted by atomic mass is 35.5. The maximum Gasteiger partial charge on any atom is 0.277 e. The fourth-order valence-electron chi connectivity index (χ4n) is 2.26. The molecule has 0 bridgehead atoms. The van der Waals surface area contributed by atoms with Crippen molar-refractivity contribution in [2.45, 2.75) is 24.3 Å². The molecule has 0 saturated heterocycles. The van der Waals surface area contributed by atoms with E-state index >= 15 is 0 Å². The number of halogens is 1. The number of hydrogen-bond acceptors (Lipinski definition) is 6. The van der Waals surface area contributed by atoms with E-state index in [9.17, 15) is 4.79 Å². The molecule has 0 aliphatic carbocycles. The summed E-state index contributed by atoms with van der Waals surface area (Å²) in [4.78, 5) is 12.4. The standard InChI is InChI=1S/C19H18ClN3O3S/c1-11-4-6-13(7-5-11)18-22-23-19(26-18)27-12(2)17(24)21-14-8-9-16(25-3)15(20)10-14/h4-10,12H,1-3H3,(H,21,24)/t12-/m1/s1. The number of ether oxygens (including phenoxy) is 1. The quantitative estimate of drug-likeness (QED) is 0.594. The number of methoxy groups -OCH3 is 1. The molecule has 2 aromatic carbocycles. The number of aryl methyl sites for hydroxylation is 1. The van der Waals surface area contributed by atoms with Crippen molar-refractivity contribution in [3.05, 3.63) is 53.1 Å². The predicted octanol–water partition coefficient (Wildman–Crippen LogP) is 4.83. The van der Waals surface area contributed by atoms with Crippen LogP contribution in [0.5, 0.6) is 5.75 Å². The second-order valence-corrected chi connectivity index (χ2v) is 7.54. The molecule has 0 saturated carbocycles. The van der Waals surface area contributed by atoms with Gasteiger partial charge in [0.25, 0.3) is 5.22 Å². The van der Waals surface area contributed by atoms with E-state index in [2.05, 4.69) is 15.5 Å². The topological polar surface area (TPSA) is 77.2 Å².